The standard InChI is InChI=1S/C22H28N2/c1-17(18-11-5-2-6-12-18)24-22(20-15-9-4-10-16-20)21(23)19-13-7-3-8-14-19/h3-5,7,9-12,15-17,19,24H,2,6,8,13-14,23H2,1H3. The number of hydrogen-bond acceptors (Lipinski definition) is 2. The highest BCUT2D eigenvalue weighted by Crippen LogP contribution is 2.28. The lowest BCUT2D eigenvalue weighted by Crippen LogP contribution is -2.30. The van der Waals surface area contributed by atoms with Gasteiger partial charge in [-0.1, -0.05) is 60.7 Å². The summed E-state index contributed by atoms with van der Waals surface area (Å²) >= 11 is 0. The highest BCUT2D eigenvalue weighted by atomic mass is 14.9. The largest absolute Gasteiger partial charge is 0.400 e. The molecule has 2 aliphatic carbocycles. The summed E-state index contributed by atoms with van der Waals surface area (Å²) in [4.78, 5) is 0. The molecule has 0 saturated heterocycles. The summed E-state index contributed by atoms with van der Waals surface area (Å²) in [6.07, 6.45) is 16.9. The lowest BCUT2D eigenvalue weighted by molar-refractivity contribution is 0.544. The van der Waals surface area contributed by atoms with Crippen LogP contribution in [0, 0.1) is 5.92 Å². The van der Waals surface area contributed by atoms with Crippen LogP contribution in [0.4, 0.5) is 0 Å². The minimum Gasteiger partial charge on any atom is -0.400 e. The molecule has 2 aliphatic rings. The maximum absolute atomic E-state index is 6.65. The van der Waals surface area contributed by atoms with Crippen molar-refractivity contribution in [3.05, 3.63) is 77.5 Å². The first-order valence-corrected chi connectivity index (χ1v) is 9.09. The molecule has 0 heterocycles. The van der Waals surface area contributed by atoms with Gasteiger partial charge in [0.1, 0.15) is 0 Å². The fourth-order valence-corrected chi connectivity index (χ4v) is 3.47. The Morgan fingerprint density at radius 3 is 2.58 bits per heavy atom. The van der Waals surface area contributed by atoms with Crippen molar-refractivity contribution in [1.29, 1.82) is 0 Å². The van der Waals surface area contributed by atoms with Crippen LogP contribution in [0.1, 0.15) is 44.6 Å². The van der Waals surface area contributed by atoms with Gasteiger partial charge in [0.25, 0.3) is 0 Å². The molecule has 2 atom stereocenters. The molecule has 0 spiro atoms. The molecule has 24 heavy (non-hydrogen) atoms. The molecular weight excluding hydrogens is 292 g/mol. The maximum Gasteiger partial charge on any atom is 0.0612 e. The fraction of sp³-hybridized carbons (Fsp3) is 0.364. The molecule has 3 rings (SSSR count). The van der Waals surface area contributed by atoms with Gasteiger partial charge in [0.05, 0.1) is 5.70 Å². The molecule has 0 amide bonds. The molecule has 2 unspecified atom stereocenters. The minimum atomic E-state index is 0.259. The summed E-state index contributed by atoms with van der Waals surface area (Å²) in [6, 6.07) is 10.8. The van der Waals surface area contributed by atoms with Crippen LogP contribution in [-0.2, 0) is 0 Å². The van der Waals surface area contributed by atoms with E-state index in [2.05, 4.69) is 73.0 Å². The van der Waals surface area contributed by atoms with E-state index >= 15 is 0 Å². The molecule has 3 N–H and O–H groups in total. The van der Waals surface area contributed by atoms with Crippen LogP contribution in [0.25, 0.3) is 5.70 Å². The van der Waals surface area contributed by atoms with Gasteiger partial charge in [-0.05, 0) is 50.2 Å². The molecule has 1 aromatic carbocycles. The maximum atomic E-state index is 6.65. The van der Waals surface area contributed by atoms with Crippen LogP contribution < -0.4 is 11.1 Å². The SMILES string of the molecule is CC(NC(=C(N)C1CC=CCC1)c1ccccc1)C1=CCCC=C1. The molecule has 0 radical (unpaired) electrons. The fourth-order valence-electron chi connectivity index (χ4n) is 3.47. The molecule has 0 bridgehead atoms. The number of nitrogens with one attached hydrogen (secondary N) is 1. The van der Waals surface area contributed by atoms with E-state index in [1.807, 2.05) is 0 Å². The van der Waals surface area contributed by atoms with Gasteiger partial charge in [-0.2, -0.15) is 0 Å². The molecular formula is C22H28N2. The zero-order valence-corrected chi connectivity index (χ0v) is 14.5. The van der Waals surface area contributed by atoms with E-state index in [9.17, 15) is 0 Å². The number of hydrogen-bond donors (Lipinski definition) is 2. The average Bonchev–Trinajstić information content (AvgIpc) is 2.67. The molecule has 0 fully saturated rings. The van der Waals surface area contributed by atoms with Crippen LogP contribution in [0.15, 0.2) is 72.0 Å². The summed E-state index contributed by atoms with van der Waals surface area (Å²) < 4.78 is 0. The monoisotopic (exact) mass is 320 g/mol. The van der Waals surface area contributed by atoms with Crippen molar-refractivity contribution in [2.24, 2.45) is 11.7 Å². The van der Waals surface area contributed by atoms with Crippen molar-refractivity contribution in [3.63, 3.8) is 0 Å². The molecule has 2 heteroatoms. The van der Waals surface area contributed by atoms with E-state index in [4.69, 9.17) is 5.73 Å². The first-order valence-electron chi connectivity index (χ1n) is 9.09. The van der Waals surface area contributed by atoms with Crippen LogP contribution in [0.5, 0.6) is 0 Å². The van der Waals surface area contributed by atoms with Crippen molar-refractivity contribution in [1.82, 2.24) is 5.32 Å². The van der Waals surface area contributed by atoms with E-state index in [0.29, 0.717) is 5.92 Å². The van der Waals surface area contributed by atoms with E-state index < -0.39 is 0 Å². The third kappa shape index (κ3) is 4.00. The third-order valence-electron chi connectivity index (χ3n) is 4.94. The Morgan fingerprint density at radius 2 is 1.92 bits per heavy atom. The van der Waals surface area contributed by atoms with Crippen molar-refractivity contribution < 1.29 is 0 Å². The van der Waals surface area contributed by atoms with Crippen molar-refractivity contribution >= 4 is 5.70 Å². The summed E-state index contributed by atoms with van der Waals surface area (Å²) in [5.41, 5.74) is 11.3. The van der Waals surface area contributed by atoms with Crippen molar-refractivity contribution in [2.75, 3.05) is 0 Å². The summed E-state index contributed by atoms with van der Waals surface area (Å²) in [6.45, 7) is 2.22. The van der Waals surface area contributed by atoms with Crippen molar-refractivity contribution in [2.45, 2.75) is 45.1 Å². The lowest BCUT2D eigenvalue weighted by Gasteiger charge is -2.26. The van der Waals surface area contributed by atoms with E-state index in [1.54, 1.807) is 0 Å². The van der Waals surface area contributed by atoms with Gasteiger partial charge in [0.2, 0.25) is 0 Å². The minimum absolute atomic E-state index is 0.259. The predicted molar refractivity (Wildman–Crippen MR) is 103 cm³/mol. The Kier molecular flexibility index (Phi) is 5.58. The van der Waals surface area contributed by atoms with Gasteiger partial charge in [-0.15, -0.1) is 0 Å². The number of benzene rings is 1. The summed E-state index contributed by atoms with van der Waals surface area (Å²) in [7, 11) is 0. The highest BCUT2D eigenvalue weighted by Gasteiger charge is 2.19. The first kappa shape index (κ1) is 16.6. The van der Waals surface area contributed by atoms with Crippen LogP contribution >= 0.6 is 0 Å². The van der Waals surface area contributed by atoms with Gasteiger partial charge in [-0.3, -0.25) is 0 Å². The molecule has 0 saturated carbocycles. The smallest absolute Gasteiger partial charge is 0.0612 e. The molecule has 126 valence electrons. The Balaban J connectivity index is 1.89. The zero-order chi connectivity index (χ0) is 16.8. The van der Waals surface area contributed by atoms with E-state index in [-0.39, 0.29) is 6.04 Å². The van der Waals surface area contributed by atoms with Gasteiger partial charge >= 0.3 is 0 Å². The Bertz CT molecular complexity index is 664. The topological polar surface area (TPSA) is 38.0 Å². The van der Waals surface area contributed by atoms with Crippen molar-refractivity contribution in [3.8, 4) is 0 Å². The quantitative estimate of drug-likeness (QED) is 0.755. The molecule has 0 aromatic heterocycles. The number of allylic oxidation sites excluding steroid dienone is 5. The highest BCUT2D eigenvalue weighted by molar-refractivity contribution is 5.67. The van der Waals surface area contributed by atoms with Gasteiger partial charge in [0, 0.05) is 17.7 Å². The second kappa shape index (κ2) is 8.05. The van der Waals surface area contributed by atoms with Crippen LogP contribution in [0.2, 0.25) is 0 Å². The predicted octanol–water partition coefficient (Wildman–Crippen LogP) is 4.92. The molecule has 1 aromatic rings. The second-order valence-electron chi connectivity index (χ2n) is 6.73. The van der Waals surface area contributed by atoms with E-state index in [1.165, 1.54) is 11.1 Å². The Morgan fingerprint density at radius 1 is 1.08 bits per heavy atom. The lowest BCUT2D eigenvalue weighted by atomic mass is 9.89. The molecule has 2 nitrogen and oxygen atoms in total. The average molecular weight is 320 g/mol. The number of rotatable bonds is 5. The summed E-state index contributed by atoms with van der Waals surface area (Å²) in [5.74, 6) is 0.431. The molecule has 0 aliphatic heterocycles. The van der Waals surface area contributed by atoms with Crippen LogP contribution in [-0.4, -0.2) is 6.04 Å². The third-order valence-corrected chi connectivity index (χ3v) is 4.94. The Labute approximate surface area is 145 Å². The Hall–Kier alpha value is -2.22. The number of nitrogens with two attached hydrogens (primary N) is 1. The zero-order valence-electron chi connectivity index (χ0n) is 14.5. The van der Waals surface area contributed by atoms with Crippen LogP contribution in [0.3, 0.4) is 0 Å². The first-order chi connectivity index (χ1) is 11.8. The summed E-state index contributed by atoms with van der Waals surface area (Å²) in [5, 5.41) is 3.71. The second-order valence-corrected chi connectivity index (χ2v) is 6.73. The normalized spacial score (nSPS) is 22.5. The van der Waals surface area contributed by atoms with Gasteiger partial charge in [0.15, 0.2) is 0 Å². The van der Waals surface area contributed by atoms with E-state index in [0.717, 1.165) is 43.5 Å². The van der Waals surface area contributed by atoms with Gasteiger partial charge in [-0.25, -0.2) is 0 Å². The van der Waals surface area contributed by atoms with Gasteiger partial charge < -0.3 is 11.1 Å².